The second kappa shape index (κ2) is 11.7. The van der Waals surface area contributed by atoms with Crippen molar-refractivity contribution < 1.29 is 34.0 Å². The van der Waals surface area contributed by atoms with Gasteiger partial charge in [-0.1, -0.05) is 25.7 Å². The summed E-state index contributed by atoms with van der Waals surface area (Å²) in [4.78, 5) is 22.5. The van der Waals surface area contributed by atoms with E-state index in [9.17, 15) is 9.59 Å². The monoisotopic (exact) mass is 332 g/mol. The summed E-state index contributed by atoms with van der Waals surface area (Å²) in [6, 6.07) is 0. The van der Waals surface area contributed by atoms with Crippen LogP contribution < -0.4 is 0 Å². The third-order valence-corrected chi connectivity index (χ3v) is 2.87. The summed E-state index contributed by atoms with van der Waals surface area (Å²) in [5.74, 6) is 4.51. The first kappa shape index (κ1) is 23.5. The second-order valence-corrected chi connectivity index (χ2v) is 5.70. The SMILES string of the molecule is CCC(C)(C)OC(=O)OC(=O)OC(C)(C)CC.OCC#CCO. The number of rotatable bonds is 4. The average molecular weight is 332 g/mol. The third kappa shape index (κ3) is 14.9. The Kier molecular flexibility index (Phi) is 12.0. The fourth-order valence-electron chi connectivity index (χ4n) is 0.817. The van der Waals surface area contributed by atoms with E-state index >= 15 is 0 Å². The number of hydrogen-bond donors (Lipinski definition) is 2. The van der Waals surface area contributed by atoms with Crippen molar-refractivity contribution in [2.45, 2.75) is 65.6 Å². The summed E-state index contributed by atoms with van der Waals surface area (Å²) in [7, 11) is 0. The maximum Gasteiger partial charge on any atom is 0.519 e. The molecule has 0 bridgehead atoms. The summed E-state index contributed by atoms with van der Waals surface area (Å²) in [5.41, 5.74) is -1.31. The van der Waals surface area contributed by atoms with E-state index in [2.05, 4.69) is 16.6 Å². The van der Waals surface area contributed by atoms with Gasteiger partial charge in [-0.05, 0) is 40.5 Å². The summed E-state index contributed by atoms with van der Waals surface area (Å²) < 4.78 is 14.3. The first-order chi connectivity index (χ1) is 10.5. The number of aliphatic hydroxyl groups excluding tert-OH is 2. The fourth-order valence-corrected chi connectivity index (χ4v) is 0.817. The molecule has 0 aromatic carbocycles. The van der Waals surface area contributed by atoms with E-state index in [1.165, 1.54) is 0 Å². The first-order valence-electron chi connectivity index (χ1n) is 7.34. The van der Waals surface area contributed by atoms with Crippen molar-refractivity contribution in [1.82, 2.24) is 0 Å². The second-order valence-electron chi connectivity index (χ2n) is 5.70. The van der Waals surface area contributed by atoms with Crippen LogP contribution in [-0.4, -0.2) is 46.9 Å². The van der Waals surface area contributed by atoms with Gasteiger partial charge in [0.1, 0.15) is 24.4 Å². The number of ether oxygens (including phenoxy) is 3. The molecule has 0 aromatic heterocycles. The summed E-state index contributed by atoms with van der Waals surface area (Å²) in [6.07, 6.45) is -0.822. The standard InChI is InChI=1S/C12H22O5.C4H6O2/c1-7-11(3,4)16-9(13)15-10(14)17-12(5,6)8-2;5-3-1-2-4-6/h7-8H2,1-6H3;5-6H,3-4H2. The molecule has 0 saturated heterocycles. The van der Waals surface area contributed by atoms with Crippen LogP contribution in [0.4, 0.5) is 9.59 Å². The summed E-state index contributed by atoms with van der Waals surface area (Å²) >= 11 is 0. The molecule has 2 N–H and O–H groups in total. The zero-order valence-electron chi connectivity index (χ0n) is 14.8. The highest BCUT2D eigenvalue weighted by atomic mass is 16.8. The maximum atomic E-state index is 11.3. The van der Waals surface area contributed by atoms with Crippen LogP contribution in [0.2, 0.25) is 0 Å². The molecule has 0 fully saturated rings. The molecule has 23 heavy (non-hydrogen) atoms. The van der Waals surface area contributed by atoms with Crippen molar-refractivity contribution in [3.05, 3.63) is 0 Å². The highest BCUT2D eigenvalue weighted by Crippen LogP contribution is 2.17. The van der Waals surface area contributed by atoms with Crippen molar-refractivity contribution in [1.29, 1.82) is 0 Å². The largest absolute Gasteiger partial charge is 0.519 e. The molecule has 0 spiro atoms. The van der Waals surface area contributed by atoms with E-state index in [4.69, 9.17) is 19.7 Å². The van der Waals surface area contributed by atoms with Gasteiger partial charge in [0, 0.05) is 0 Å². The van der Waals surface area contributed by atoms with Crippen molar-refractivity contribution in [3.8, 4) is 11.8 Å². The van der Waals surface area contributed by atoms with Gasteiger partial charge < -0.3 is 24.4 Å². The van der Waals surface area contributed by atoms with Gasteiger partial charge in [0.2, 0.25) is 0 Å². The molecule has 7 nitrogen and oxygen atoms in total. The quantitative estimate of drug-likeness (QED) is 0.463. The molecule has 0 aliphatic carbocycles. The van der Waals surface area contributed by atoms with Gasteiger partial charge in [0.25, 0.3) is 0 Å². The van der Waals surface area contributed by atoms with Crippen LogP contribution in [0, 0.1) is 11.8 Å². The molecule has 0 rings (SSSR count). The van der Waals surface area contributed by atoms with Crippen molar-refractivity contribution in [2.75, 3.05) is 13.2 Å². The molecule has 0 heterocycles. The van der Waals surface area contributed by atoms with Gasteiger partial charge in [0.05, 0.1) is 0 Å². The topological polar surface area (TPSA) is 102 Å². The van der Waals surface area contributed by atoms with Gasteiger partial charge in [-0.15, -0.1) is 0 Å². The average Bonchev–Trinajstić information content (AvgIpc) is 2.44. The van der Waals surface area contributed by atoms with E-state index in [1.807, 2.05) is 13.8 Å². The molecule has 0 amide bonds. The van der Waals surface area contributed by atoms with Crippen LogP contribution in [-0.2, 0) is 14.2 Å². The predicted molar refractivity (Wildman–Crippen MR) is 84.7 cm³/mol. The van der Waals surface area contributed by atoms with E-state index < -0.39 is 23.5 Å². The van der Waals surface area contributed by atoms with Gasteiger partial charge >= 0.3 is 12.3 Å². The summed E-state index contributed by atoms with van der Waals surface area (Å²) in [5, 5.41) is 15.8. The van der Waals surface area contributed by atoms with Crippen LogP contribution in [0.25, 0.3) is 0 Å². The Bertz CT molecular complexity index is 380. The van der Waals surface area contributed by atoms with Gasteiger partial charge in [-0.25, -0.2) is 9.59 Å². The Labute approximate surface area is 137 Å². The van der Waals surface area contributed by atoms with Gasteiger partial charge in [0.15, 0.2) is 0 Å². The highest BCUT2D eigenvalue weighted by molar-refractivity contribution is 5.77. The number of carbonyl (C=O) groups is 2. The first-order valence-corrected chi connectivity index (χ1v) is 7.34. The molecule has 0 aromatic rings. The lowest BCUT2D eigenvalue weighted by Gasteiger charge is -2.24. The molecular formula is C16H28O7. The van der Waals surface area contributed by atoms with E-state index in [-0.39, 0.29) is 13.2 Å². The molecule has 0 aliphatic rings. The van der Waals surface area contributed by atoms with Gasteiger partial charge in [-0.3, -0.25) is 0 Å². The van der Waals surface area contributed by atoms with E-state index in [0.717, 1.165) is 0 Å². The van der Waals surface area contributed by atoms with Gasteiger partial charge in [-0.2, -0.15) is 0 Å². The number of carbonyl (C=O) groups excluding carboxylic acids is 2. The number of hydrogen-bond acceptors (Lipinski definition) is 7. The number of aliphatic hydroxyl groups is 2. The van der Waals surface area contributed by atoms with Crippen LogP contribution >= 0.6 is 0 Å². The Hall–Kier alpha value is -1.78. The third-order valence-electron chi connectivity index (χ3n) is 2.87. The molecule has 0 aliphatic heterocycles. The predicted octanol–water partition coefficient (Wildman–Crippen LogP) is 2.63. The molecule has 0 unspecified atom stereocenters. The molecule has 7 heteroatoms. The molecule has 0 atom stereocenters. The van der Waals surface area contributed by atoms with Crippen LogP contribution in [0.5, 0.6) is 0 Å². The summed E-state index contributed by atoms with van der Waals surface area (Å²) in [6.45, 7) is 10.3. The zero-order chi connectivity index (χ0) is 18.5. The molecule has 0 radical (unpaired) electrons. The normalized spacial score (nSPS) is 10.4. The minimum atomic E-state index is -1.03. The van der Waals surface area contributed by atoms with Crippen LogP contribution in [0.15, 0.2) is 0 Å². The Morgan fingerprint density at radius 1 is 0.826 bits per heavy atom. The van der Waals surface area contributed by atoms with Crippen LogP contribution in [0.3, 0.4) is 0 Å². The lowest BCUT2D eigenvalue weighted by Crippen LogP contribution is -2.32. The van der Waals surface area contributed by atoms with E-state index in [1.54, 1.807) is 27.7 Å². The van der Waals surface area contributed by atoms with Crippen LogP contribution in [0.1, 0.15) is 54.4 Å². The Morgan fingerprint density at radius 2 is 1.13 bits per heavy atom. The molecular weight excluding hydrogens is 304 g/mol. The van der Waals surface area contributed by atoms with Crippen molar-refractivity contribution in [3.63, 3.8) is 0 Å². The van der Waals surface area contributed by atoms with Crippen molar-refractivity contribution in [2.24, 2.45) is 0 Å². The Morgan fingerprint density at radius 3 is 1.35 bits per heavy atom. The van der Waals surface area contributed by atoms with E-state index in [0.29, 0.717) is 12.8 Å². The lowest BCUT2D eigenvalue weighted by molar-refractivity contribution is -0.0401. The lowest BCUT2D eigenvalue weighted by atomic mass is 10.1. The molecule has 134 valence electrons. The van der Waals surface area contributed by atoms with Crippen molar-refractivity contribution >= 4 is 12.3 Å². The zero-order valence-corrected chi connectivity index (χ0v) is 14.8. The maximum absolute atomic E-state index is 11.3. The fraction of sp³-hybridized carbons (Fsp3) is 0.750. The minimum absolute atomic E-state index is 0.166. The molecule has 0 saturated carbocycles. The Balaban J connectivity index is 0. The minimum Gasteiger partial charge on any atom is -0.428 e. The highest BCUT2D eigenvalue weighted by Gasteiger charge is 2.27. The smallest absolute Gasteiger partial charge is 0.428 e.